The summed E-state index contributed by atoms with van der Waals surface area (Å²) in [6.45, 7) is 1.43. The summed E-state index contributed by atoms with van der Waals surface area (Å²) in [5.74, 6) is 0.279. The van der Waals surface area contributed by atoms with E-state index in [1.165, 1.54) is 6.92 Å². The number of hydrogen-bond acceptors (Lipinski definition) is 4. The van der Waals surface area contributed by atoms with Crippen LogP contribution in [0.1, 0.15) is 6.92 Å². The van der Waals surface area contributed by atoms with Gasteiger partial charge in [0.05, 0.1) is 21.3 Å². The highest BCUT2D eigenvalue weighted by Gasteiger charge is 2.18. The van der Waals surface area contributed by atoms with E-state index in [0.29, 0.717) is 32.9 Å². The Kier molecular flexibility index (Phi) is 5.48. The lowest BCUT2D eigenvalue weighted by atomic mass is 10.0. The Balaban J connectivity index is 1.37. The molecule has 0 radical (unpaired) electrons. The van der Waals surface area contributed by atoms with Gasteiger partial charge in [-0.2, -0.15) is 5.10 Å². The van der Waals surface area contributed by atoms with Gasteiger partial charge in [0.2, 0.25) is 11.8 Å². The number of oxazole rings is 1. The first-order valence-corrected chi connectivity index (χ1v) is 11.9. The molecule has 4 aromatic carbocycles. The number of anilines is 1. The van der Waals surface area contributed by atoms with E-state index in [4.69, 9.17) is 32.6 Å². The summed E-state index contributed by atoms with van der Waals surface area (Å²) in [7, 11) is 0. The molecule has 6 nitrogen and oxygen atoms in total. The second kappa shape index (κ2) is 8.82. The molecule has 0 saturated heterocycles. The predicted molar refractivity (Wildman–Crippen MR) is 144 cm³/mol. The zero-order valence-corrected chi connectivity index (χ0v) is 20.5. The molecule has 0 saturated carbocycles. The van der Waals surface area contributed by atoms with Gasteiger partial charge in [0.25, 0.3) is 0 Å². The number of aromatic nitrogens is 3. The van der Waals surface area contributed by atoms with E-state index < -0.39 is 0 Å². The fourth-order valence-corrected chi connectivity index (χ4v) is 4.94. The molecule has 176 valence electrons. The molecule has 0 unspecified atom stereocenters. The SMILES string of the molecule is CC(=O)Nc1ccc(Cl)c(-c2ccc(-c3n[nH]cc3-c3nc4cc5ccccc5cc4o3)cc2)c1Cl. The molecule has 0 aliphatic heterocycles. The highest BCUT2D eigenvalue weighted by atomic mass is 35.5. The molecule has 0 fully saturated rings. The van der Waals surface area contributed by atoms with E-state index in [0.717, 1.165) is 38.6 Å². The minimum absolute atomic E-state index is 0.209. The third kappa shape index (κ3) is 3.90. The van der Waals surface area contributed by atoms with Gasteiger partial charge in [-0.3, -0.25) is 9.89 Å². The van der Waals surface area contributed by atoms with Crippen LogP contribution in [0.5, 0.6) is 0 Å². The maximum absolute atomic E-state index is 11.5. The van der Waals surface area contributed by atoms with Gasteiger partial charge in [0.15, 0.2) is 5.58 Å². The van der Waals surface area contributed by atoms with Crippen LogP contribution in [0.4, 0.5) is 5.69 Å². The predicted octanol–water partition coefficient (Wildman–Crippen LogP) is 7.97. The maximum atomic E-state index is 11.5. The van der Waals surface area contributed by atoms with Gasteiger partial charge in [0, 0.05) is 24.2 Å². The van der Waals surface area contributed by atoms with Crippen molar-refractivity contribution in [1.82, 2.24) is 15.2 Å². The zero-order chi connectivity index (χ0) is 24.8. The van der Waals surface area contributed by atoms with Crippen LogP contribution in [-0.4, -0.2) is 21.1 Å². The summed E-state index contributed by atoms with van der Waals surface area (Å²) < 4.78 is 6.11. The average molecular weight is 513 g/mol. The Bertz CT molecular complexity index is 1720. The monoisotopic (exact) mass is 512 g/mol. The van der Waals surface area contributed by atoms with Crippen molar-refractivity contribution >= 4 is 56.7 Å². The Morgan fingerprint density at radius 2 is 1.67 bits per heavy atom. The van der Waals surface area contributed by atoms with Gasteiger partial charge in [0.1, 0.15) is 11.2 Å². The average Bonchev–Trinajstić information content (AvgIpc) is 3.51. The van der Waals surface area contributed by atoms with Crippen molar-refractivity contribution in [3.8, 4) is 33.8 Å². The summed E-state index contributed by atoms with van der Waals surface area (Å²) in [6, 6.07) is 23.2. The van der Waals surface area contributed by atoms with Gasteiger partial charge in [-0.1, -0.05) is 71.7 Å². The second-order valence-electron chi connectivity index (χ2n) is 8.38. The van der Waals surface area contributed by atoms with Crippen LogP contribution in [0, 0.1) is 0 Å². The van der Waals surface area contributed by atoms with Crippen molar-refractivity contribution in [3.63, 3.8) is 0 Å². The first-order chi connectivity index (χ1) is 17.5. The lowest BCUT2D eigenvalue weighted by Crippen LogP contribution is -2.06. The molecule has 0 aliphatic rings. The number of fused-ring (bicyclic) bond motifs is 2. The first kappa shape index (κ1) is 22.3. The molecule has 2 heterocycles. The lowest BCUT2D eigenvalue weighted by Gasteiger charge is -2.12. The molecule has 0 aliphatic carbocycles. The number of nitrogens with zero attached hydrogens (tertiary/aromatic N) is 2. The highest BCUT2D eigenvalue weighted by molar-refractivity contribution is 6.41. The van der Waals surface area contributed by atoms with Crippen molar-refractivity contribution in [2.75, 3.05) is 5.32 Å². The van der Waals surface area contributed by atoms with Crippen LogP contribution in [-0.2, 0) is 4.79 Å². The number of halogens is 2. The molecule has 1 amide bonds. The molecule has 36 heavy (non-hydrogen) atoms. The maximum Gasteiger partial charge on any atom is 0.231 e. The number of rotatable bonds is 4. The minimum Gasteiger partial charge on any atom is -0.436 e. The Hall–Kier alpha value is -4.13. The lowest BCUT2D eigenvalue weighted by molar-refractivity contribution is -0.114. The minimum atomic E-state index is -0.209. The number of carbonyl (C=O) groups excluding carboxylic acids is 1. The Morgan fingerprint density at radius 3 is 2.42 bits per heavy atom. The molecular weight excluding hydrogens is 495 g/mol. The second-order valence-corrected chi connectivity index (χ2v) is 9.16. The van der Waals surface area contributed by atoms with E-state index in [-0.39, 0.29) is 5.91 Å². The highest BCUT2D eigenvalue weighted by Crippen LogP contribution is 2.40. The van der Waals surface area contributed by atoms with Crippen LogP contribution in [0.25, 0.3) is 55.7 Å². The molecule has 6 rings (SSSR count). The van der Waals surface area contributed by atoms with E-state index in [1.807, 2.05) is 54.6 Å². The third-order valence-corrected chi connectivity index (χ3v) is 6.68. The number of amides is 1. The summed E-state index contributed by atoms with van der Waals surface area (Å²) in [6.07, 6.45) is 1.78. The molecule has 2 N–H and O–H groups in total. The smallest absolute Gasteiger partial charge is 0.231 e. The number of nitrogens with one attached hydrogen (secondary N) is 2. The number of aromatic amines is 1. The number of hydrogen-bond donors (Lipinski definition) is 2. The van der Waals surface area contributed by atoms with Gasteiger partial charge in [-0.15, -0.1) is 0 Å². The molecule has 6 aromatic rings. The summed E-state index contributed by atoms with van der Waals surface area (Å²) in [5, 5.41) is 13.2. The number of carbonyl (C=O) groups is 1. The molecule has 8 heteroatoms. The summed E-state index contributed by atoms with van der Waals surface area (Å²) in [5.41, 5.74) is 5.80. The standard InChI is InChI=1S/C28H18Cl2N4O2/c1-15(35)32-22-11-10-21(29)25(26(22)30)16-6-8-17(9-7-16)27-20(14-31-34-27)28-33-23-12-18-4-2-3-5-19(18)13-24(23)36-28/h2-14H,1H3,(H,31,34)(H,32,35). The fraction of sp³-hybridized carbons (Fsp3) is 0.0357. The van der Waals surface area contributed by atoms with Crippen molar-refractivity contribution in [1.29, 1.82) is 0 Å². The van der Waals surface area contributed by atoms with Crippen molar-refractivity contribution in [2.45, 2.75) is 6.92 Å². The summed E-state index contributed by atoms with van der Waals surface area (Å²) >= 11 is 13.0. The van der Waals surface area contributed by atoms with Crippen molar-refractivity contribution in [2.24, 2.45) is 0 Å². The van der Waals surface area contributed by atoms with Crippen LogP contribution in [0.15, 0.2) is 83.4 Å². The van der Waals surface area contributed by atoms with E-state index >= 15 is 0 Å². The molecule has 2 aromatic heterocycles. The third-order valence-electron chi connectivity index (χ3n) is 5.98. The topological polar surface area (TPSA) is 83.8 Å². The summed E-state index contributed by atoms with van der Waals surface area (Å²) in [4.78, 5) is 16.2. The van der Waals surface area contributed by atoms with Crippen molar-refractivity contribution in [3.05, 3.63) is 89.0 Å². The Labute approximate surface area is 215 Å². The molecule has 0 spiro atoms. The van der Waals surface area contributed by atoms with E-state index in [2.05, 4.69) is 21.6 Å². The number of H-pyrrole nitrogens is 1. The van der Waals surface area contributed by atoms with Crippen LogP contribution in [0.3, 0.4) is 0 Å². The van der Waals surface area contributed by atoms with Gasteiger partial charge in [-0.05, 0) is 40.6 Å². The largest absolute Gasteiger partial charge is 0.436 e. The van der Waals surface area contributed by atoms with Gasteiger partial charge in [-0.25, -0.2) is 4.98 Å². The van der Waals surface area contributed by atoms with Crippen LogP contribution >= 0.6 is 23.2 Å². The van der Waals surface area contributed by atoms with Crippen molar-refractivity contribution < 1.29 is 9.21 Å². The van der Waals surface area contributed by atoms with E-state index in [9.17, 15) is 4.79 Å². The van der Waals surface area contributed by atoms with E-state index in [1.54, 1.807) is 18.3 Å². The quantitative estimate of drug-likeness (QED) is 0.250. The van der Waals surface area contributed by atoms with Gasteiger partial charge >= 0.3 is 0 Å². The zero-order valence-electron chi connectivity index (χ0n) is 19.0. The number of benzene rings is 4. The fourth-order valence-electron chi connectivity index (χ4n) is 4.30. The Morgan fingerprint density at radius 1 is 0.944 bits per heavy atom. The first-order valence-electron chi connectivity index (χ1n) is 11.2. The van der Waals surface area contributed by atoms with Gasteiger partial charge < -0.3 is 9.73 Å². The normalized spacial score (nSPS) is 11.3. The van der Waals surface area contributed by atoms with Crippen LogP contribution < -0.4 is 5.32 Å². The molecule has 0 atom stereocenters. The molecular formula is C28H18Cl2N4O2. The van der Waals surface area contributed by atoms with Crippen LogP contribution in [0.2, 0.25) is 10.0 Å². The molecule has 0 bridgehead atoms.